The molecular weight excluding hydrogens is 456 g/mol. The number of fused-ring (bicyclic) bond motifs is 1. The zero-order valence-corrected chi connectivity index (χ0v) is 21.0. The second-order valence-electron chi connectivity index (χ2n) is 9.13. The Morgan fingerprint density at radius 1 is 0.865 bits per heavy atom. The third-order valence-corrected chi connectivity index (χ3v) is 6.53. The topological polar surface area (TPSA) is 69.8 Å². The highest BCUT2D eigenvalue weighted by atomic mass is 16.1. The Morgan fingerprint density at radius 3 is 2.43 bits per heavy atom. The fraction of sp³-hybridized carbons (Fsp3) is 0.125. The molecule has 5 rings (SSSR count). The van der Waals surface area contributed by atoms with Crippen molar-refractivity contribution in [2.24, 2.45) is 0 Å². The predicted molar refractivity (Wildman–Crippen MR) is 154 cm³/mol. The first-order chi connectivity index (χ1) is 18.1. The lowest BCUT2D eigenvalue weighted by Crippen LogP contribution is -2.21. The van der Waals surface area contributed by atoms with Gasteiger partial charge in [-0.25, -0.2) is 0 Å². The van der Waals surface area contributed by atoms with Crippen LogP contribution in [0.2, 0.25) is 0 Å². The Balaban J connectivity index is 1.29. The van der Waals surface area contributed by atoms with Crippen LogP contribution >= 0.6 is 0 Å². The number of amides is 1. The molecule has 184 valence electrons. The van der Waals surface area contributed by atoms with Gasteiger partial charge in [0.15, 0.2) is 0 Å². The van der Waals surface area contributed by atoms with Crippen LogP contribution < -0.4 is 10.6 Å². The summed E-state index contributed by atoms with van der Waals surface area (Å²) in [7, 11) is 0. The van der Waals surface area contributed by atoms with Gasteiger partial charge in [0.2, 0.25) is 5.91 Å². The Morgan fingerprint density at radius 2 is 1.62 bits per heavy atom. The molecule has 0 radical (unpaired) electrons. The van der Waals surface area contributed by atoms with E-state index in [-0.39, 0.29) is 11.8 Å². The molecule has 1 unspecified atom stereocenters. The summed E-state index contributed by atoms with van der Waals surface area (Å²) < 4.78 is 0. The number of benzene rings is 4. The number of H-pyrrole nitrogens is 1. The van der Waals surface area contributed by atoms with Crippen LogP contribution in [0.15, 0.2) is 97.1 Å². The molecule has 5 aromatic rings. The standard InChI is InChI=1S/C32H30N4O/c1-3-27(28-15-8-7-10-22(28)2)32(37)34-25-14-9-13-24(20-25)33-26-17-18-29-30(35-36-31(29)21-26)19-16-23-11-5-4-6-12-23/h4-21,27,33H,3H2,1-2H3,(H,34,37)(H,35,36)/b19-16+. The van der Waals surface area contributed by atoms with Gasteiger partial charge in [-0.2, -0.15) is 5.10 Å². The molecular formula is C32H30N4O. The van der Waals surface area contributed by atoms with Crippen molar-refractivity contribution in [1.82, 2.24) is 10.2 Å². The van der Waals surface area contributed by atoms with E-state index in [9.17, 15) is 4.79 Å². The minimum absolute atomic E-state index is 0.00363. The minimum atomic E-state index is -0.189. The molecule has 3 N–H and O–H groups in total. The van der Waals surface area contributed by atoms with Gasteiger partial charge in [-0.05, 0) is 72.5 Å². The average molecular weight is 487 g/mol. The molecule has 1 heterocycles. The van der Waals surface area contributed by atoms with Gasteiger partial charge in [-0.1, -0.05) is 73.7 Å². The summed E-state index contributed by atoms with van der Waals surface area (Å²) in [4.78, 5) is 13.1. The highest BCUT2D eigenvalue weighted by molar-refractivity contribution is 5.96. The summed E-state index contributed by atoms with van der Waals surface area (Å²) >= 11 is 0. The van der Waals surface area contributed by atoms with Crippen LogP contribution in [0.25, 0.3) is 23.1 Å². The van der Waals surface area contributed by atoms with Crippen molar-refractivity contribution in [2.75, 3.05) is 10.6 Å². The maximum absolute atomic E-state index is 13.1. The van der Waals surface area contributed by atoms with Crippen molar-refractivity contribution in [3.05, 3.63) is 119 Å². The number of nitrogens with zero attached hydrogens (tertiary/aromatic N) is 1. The van der Waals surface area contributed by atoms with Crippen molar-refractivity contribution < 1.29 is 4.79 Å². The molecule has 5 heteroatoms. The van der Waals surface area contributed by atoms with Crippen molar-refractivity contribution in [3.8, 4) is 0 Å². The third-order valence-electron chi connectivity index (χ3n) is 6.53. The third kappa shape index (κ3) is 5.62. The summed E-state index contributed by atoms with van der Waals surface area (Å²) in [6.45, 7) is 4.10. The van der Waals surface area contributed by atoms with E-state index >= 15 is 0 Å². The fourth-order valence-electron chi connectivity index (χ4n) is 4.58. The summed E-state index contributed by atoms with van der Waals surface area (Å²) in [5, 5.41) is 15.2. The molecule has 4 aromatic carbocycles. The molecule has 1 atom stereocenters. The molecule has 1 amide bonds. The molecule has 37 heavy (non-hydrogen) atoms. The van der Waals surface area contributed by atoms with Crippen LogP contribution in [0.1, 0.15) is 41.6 Å². The van der Waals surface area contributed by atoms with E-state index in [4.69, 9.17) is 0 Å². The largest absolute Gasteiger partial charge is 0.355 e. The number of anilines is 3. The van der Waals surface area contributed by atoms with Crippen molar-refractivity contribution in [2.45, 2.75) is 26.2 Å². The molecule has 0 saturated carbocycles. The van der Waals surface area contributed by atoms with Gasteiger partial charge >= 0.3 is 0 Å². The van der Waals surface area contributed by atoms with E-state index in [2.05, 4.69) is 58.1 Å². The zero-order valence-electron chi connectivity index (χ0n) is 21.0. The molecule has 0 aliphatic rings. The molecule has 5 nitrogen and oxygen atoms in total. The van der Waals surface area contributed by atoms with Crippen LogP contribution in [0.5, 0.6) is 0 Å². The van der Waals surface area contributed by atoms with Crippen molar-refractivity contribution in [1.29, 1.82) is 0 Å². The molecule has 0 bridgehead atoms. The van der Waals surface area contributed by atoms with E-state index < -0.39 is 0 Å². The van der Waals surface area contributed by atoms with Crippen LogP contribution in [0, 0.1) is 6.92 Å². The van der Waals surface area contributed by atoms with Gasteiger partial charge in [0.05, 0.1) is 17.1 Å². The molecule has 0 fully saturated rings. The summed E-state index contributed by atoms with van der Waals surface area (Å²) in [5.74, 6) is -0.186. The van der Waals surface area contributed by atoms with Crippen molar-refractivity contribution in [3.63, 3.8) is 0 Å². The summed E-state index contributed by atoms with van der Waals surface area (Å²) in [6, 6.07) is 32.2. The minimum Gasteiger partial charge on any atom is -0.355 e. The lowest BCUT2D eigenvalue weighted by Gasteiger charge is -2.18. The Labute approximate surface area is 217 Å². The van der Waals surface area contributed by atoms with E-state index in [0.717, 1.165) is 56.8 Å². The number of aromatic amines is 1. The lowest BCUT2D eigenvalue weighted by atomic mass is 9.92. The first kappa shape index (κ1) is 24.1. The highest BCUT2D eigenvalue weighted by Crippen LogP contribution is 2.27. The molecule has 0 aliphatic carbocycles. The Hall–Kier alpha value is -4.64. The lowest BCUT2D eigenvalue weighted by molar-refractivity contribution is -0.117. The summed E-state index contributed by atoms with van der Waals surface area (Å²) in [5.41, 5.74) is 7.77. The van der Waals surface area contributed by atoms with E-state index in [1.165, 1.54) is 0 Å². The van der Waals surface area contributed by atoms with Crippen molar-refractivity contribution >= 4 is 46.0 Å². The average Bonchev–Trinajstić information content (AvgIpc) is 3.32. The number of aryl methyl sites for hydroxylation is 1. The number of rotatable bonds is 8. The first-order valence-corrected chi connectivity index (χ1v) is 12.6. The predicted octanol–water partition coefficient (Wildman–Crippen LogP) is 7.92. The smallest absolute Gasteiger partial charge is 0.231 e. The monoisotopic (exact) mass is 486 g/mol. The van der Waals surface area contributed by atoms with Gasteiger partial charge in [0.25, 0.3) is 0 Å². The SMILES string of the molecule is CCC(C(=O)Nc1cccc(Nc2ccc3c(/C=C/c4ccccc4)n[nH]c3c2)c1)c1ccccc1C. The quantitative estimate of drug-likeness (QED) is 0.209. The maximum Gasteiger partial charge on any atom is 0.231 e. The summed E-state index contributed by atoms with van der Waals surface area (Å²) in [6.07, 6.45) is 4.82. The number of nitrogens with one attached hydrogen (secondary N) is 3. The molecule has 1 aromatic heterocycles. The van der Waals surface area contributed by atoms with E-state index in [1.807, 2.05) is 85.8 Å². The van der Waals surface area contributed by atoms with Gasteiger partial charge in [0, 0.05) is 22.4 Å². The highest BCUT2D eigenvalue weighted by Gasteiger charge is 2.20. The Bertz CT molecular complexity index is 1550. The molecule has 0 aliphatic heterocycles. The molecule has 0 saturated heterocycles. The second-order valence-corrected chi connectivity index (χ2v) is 9.13. The van der Waals surface area contributed by atoms with Crippen LogP contribution in [0.3, 0.4) is 0 Å². The normalized spacial score (nSPS) is 12.1. The number of hydrogen-bond acceptors (Lipinski definition) is 3. The molecule has 0 spiro atoms. The van der Waals surface area contributed by atoms with Gasteiger partial charge in [-0.15, -0.1) is 0 Å². The Kier molecular flexibility index (Phi) is 7.13. The number of carbonyl (C=O) groups is 1. The zero-order chi connectivity index (χ0) is 25.6. The van der Waals surface area contributed by atoms with Gasteiger partial charge in [-0.3, -0.25) is 9.89 Å². The number of hydrogen-bond donors (Lipinski definition) is 3. The van der Waals surface area contributed by atoms with Crippen LogP contribution in [-0.2, 0) is 4.79 Å². The maximum atomic E-state index is 13.1. The first-order valence-electron chi connectivity index (χ1n) is 12.6. The van der Waals surface area contributed by atoms with Crippen LogP contribution in [-0.4, -0.2) is 16.1 Å². The van der Waals surface area contributed by atoms with E-state index in [1.54, 1.807) is 0 Å². The van der Waals surface area contributed by atoms with Crippen LogP contribution in [0.4, 0.5) is 17.1 Å². The number of carbonyl (C=O) groups excluding carboxylic acids is 1. The van der Waals surface area contributed by atoms with E-state index in [0.29, 0.717) is 0 Å². The number of aromatic nitrogens is 2. The van der Waals surface area contributed by atoms with Gasteiger partial charge in [0.1, 0.15) is 0 Å². The second kappa shape index (κ2) is 11.0. The fourth-order valence-corrected chi connectivity index (χ4v) is 4.58. The van der Waals surface area contributed by atoms with Gasteiger partial charge < -0.3 is 10.6 Å².